The van der Waals surface area contributed by atoms with Gasteiger partial charge in [-0.1, -0.05) is 172 Å². The van der Waals surface area contributed by atoms with Crippen molar-refractivity contribution in [2.75, 3.05) is 0 Å². The lowest BCUT2D eigenvalue weighted by Crippen LogP contribution is -2.77. The van der Waals surface area contributed by atoms with Crippen molar-refractivity contribution in [1.29, 1.82) is 0 Å². The number of ether oxygens (including phenoxy) is 2. The second-order valence-electron chi connectivity index (χ2n) is 17.4. The monoisotopic (exact) mass is 815 g/mol. The van der Waals surface area contributed by atoms with E-state index in [4.69, 9.17) is 19.4 Å². The smallest absolute Gasteiger partial charge is 0.235 e. The van der Waals surface area contributed by atoms with Gasteiger partial charge in [0.1, 0.15) is 23.0 Å². The molecular formula is C56H41N3O2Si. The number of hydrogen-bond donors (Lipinski definition) is 0. The molecule has 2 aliphatic rings. The van der Waals surface area contributed by atoms with Gasteiger partial charge in [-0.2, -0.15) is 0 Å². The van der Waals surface area contributed by atoms with Crippen molar-refractivity contribution in [2.24, 2.45) is 0 Å². The molecule has 0 saturated heterocycles. The third kappa shape index (κ3) is 5.53. The van der Waals surface area contributed by atoms with Crippen molar-refractivity contribution >= 4 is 50.6 Å². The molecular weight excluding hydrogens is 775 g/mol. The van der Waals surface area contributed by atoms with Crippen molar-refractivity contribution in [3.63, 3.8) is 0 Å². The summed E-state index contributed by atoms with van der Waals surface area (Å²) in [5.74, 6) is 4.09. The van der Waals surface area contributed by atoms with Crippen LogP contribution in [0.4, 0.5) is 0 Å². The van der Waals surface area contributed by atoms with Crippen LogP contribution in [0.3, 0.4) is 0 Å². The number of para-hydroxylation sites is 4. The SMILES string of the molecule is CC(C)(C)c1cccc(-c2ccc3c(c2)Oc2ccccc2[Si]32c3ccccc3Oc3cc(-c4cc(-c5ccccc5)nc(-n5c6ccccc6c6ccccc65)n4)ccc32)c1. The van der Waals surface area contributed by atoms with Gasteiger partial charge in [0.25, 0.3) is 0 Å². The van der Waals surface area contributed by atoms with E-state index in [2.05, 4.69) is 213 Å². The minimum Gasteiger partial charge on any atom is -0.458 e. The summed E-state index contributed by atoms with van der Waals surface area (Å²) in [4.78, 5) is 10.7. The molecule has 6 heteroatoms. The van der Waals surface area contributed by atoms with Crippen molar-refractivity contribution in [2.45, 2.75) is 26.2 Å². The van der Waals surface area contributed by atoms with Crippen molar-refractivity contribution in [3.8, 4) is 62.6 Å². The summed E-state index contributed by atoms with van der Waals surface area (Å²) in [5, 5.41) is 7.13. The fourth-order valence-corrected chi connectivity index (χ4v) is 14.8. The lowest BCUT2D eigenvalue weighted by atomic mass is 9.85. The molecule has 0 radical (unpaired) electrons. The van der Waals surface area contributed by atoms with E-state index in [1.165, 1.54) is 31.9 Å². The van der Waals surface area contributed by atoms with Crippen LogP contribution in [0.5, 0.6) is 23.0 Å². The highest BCUT2D eigenvalue weighted by Crippen LogP contribution is 2.40. The number of benzene rings is 8. The molecule has 5 nitrogen and oxygen atoms in total. The summed E-state index contributed by atoms with van der Waals surface area (Å²) in [5.41, 5.74) is 9.39. The van der Waals surface area contributed by atoms with E-state index in [-0.39, 0.29) is 5.41 Å². The van der Waals surface area contributed by atoms with E-state index in [1.54, 1.807) is 0 Å². The predicted octanol–water partition coefficient (Wildman–Crippen LogP) is 11.5. The van der Waals surface area contributed by atoms with E-state index in [0.717, 1.165) is 72.9 Å². The van der Waals surface area contributed by atoms with Gasteiger partial charge in [-0.25, -0.2) is 9.97 Å². The second kappa shape index (κ2) is 13.7. The van der Waals surface area contributed by atoms with E-state index in [9.17, 15) is 0 Å². The van der Waals surface area contributed by atoms with Gasteiger partial charge >= 0.3 is 0 Å². The molecule has 8 aromatic carbocycles. The average Bonchev–Trinajstić information content (AvgIpc) is 3.65. The fourth-order valence-electron chi connectivity index (χ4n) is 9.75. The Bertz CT molecular complexity index is 3360. The zero-order chi connectivity index (χ0) is 41.6. The van der Waals surface area contributed by atoms with Gasteiger partial charge in [0, 0.05) is 21.9 Å². The molecule has 62 heavy (non-hydrogen) atoms. The van der Waals surface area contributed by atoms with Gasteiger partial charge in [-0.3, -0.25) is 4.57 Å². The van der Waals surface area contributed by atoms with E-state index in [1.807, 2.05) is 6.07 Å². The molecule has 0 saturated carbocycles. The average molecular weight is 816 g/mol. The van der Waals surface area contributed by atoms with E-state index >= 15 is 0 Å². The molecule has 1 spiro atoms. The Labute approximate surface area is 361 Å². The molecule has 2 aromatic heterocycles. The number of nitrogens with zero attached hydrogens (tertiary/aromatic N) is 3. The van der Waals surface area contributed by atoms with Crippen molar-refractivity contribution in [3.05, 3.63) is 200 Å². The maximum Gasteiger partial charge on any atom is 0.235 e. The van der Waals surface area contributed by atoms with Crippen LogP contribution < -0.4 is 30.2 Å². The number of fused-ring (bicyclic) bond motifs is 11. The third-order valence-electron chi connectivity index (χ3n) is 12.7. The van der Waals surface area contributed by atoms with Gasteiger partial charge in [0.2, 0.25) is 5.95 Å². The topological polar surface area (TPSA) is 49.2 Å². The maximum atomic E-state index is 7.01. The first-order chi connectivity index (χ1) is 30.3. The lowest BCUT2D eigenvalue weighted by molar-refractivity contribution is 0.482. The molecule has 0 N–H and O–H groups in total. The first-order valence-electron chi connectivity index (χ1n) is 21.2. The zero-order valence-corrected chi connectivity index (χ0v) is 35.6. The normalized spacial score (nSPS) is 15.0. The minimum absolute atomic E-state index is 0.0342. The van der Waals surface area contributed by atoms with E-state index in [0.29, 0.717) is 5.95 Å². The largest absolute Gasteiger partial charge is 0.458 e. The van der Waals surface area contributed by atoms with Crippen LogP contribution in [-0.2, 0) is 5.41 Å². The summed E-state index contributed by atoms with van der Waals surface area (Å²) < 4.78 is 16.1. The summed E-state index contributed by atoms with van der Waals surface area (Å²) in [7, 11) is -3.01. The number of rotatable bonds is 4. The molecule has 0 amide bonds. The summed E-state index contributed by atoms with van der Waals surface area (Å²) in [6.45, 7) is 6.78. The lowest BCUT2D eigenvalue weighted by Gasteiger charge is -2.43. The number of hydrogen-bond acceptors (Lipinski definition) is 4. The van der Waals surface area contributed by atoms with Gasteiger partial charge < -0.3 is 9.47 Å². The zero-order valence-electron chi connectivity index (χ0n) is 34.6. The Hall–Kier alpha value is -7.54. The van der Waals surface area contributed by atoms with Crippen LogP contribution >= 0.6 is 0 Å². The Morgan fingerprint density at radius 1 is 0.403 bits per heavy atom. The molecule has 2 aliphatic heterocycles. The Morgan fingerprint density at radius 2 is 0.887 bits per heavy atom. The number of aromatic nitrogens is 3. The molecule has 1 atom stereocenters. The standard InChI is InChI=1S/C56H41N3O2Si/c1-56(2,3)40-19-15-18-37(32-40)38-28-30-53-49(33-38)60-47-24-11-13-26-51(47)62(53)52-27-14-12-25-48(52)61-50-34-39(29-31-54(50)62)44-35-43(36-16-5-4-6-17-36)57-55(58-44)59-45-22-9-7-20-41(45)42-21-8-10-23-46(42)59/h4-35H,1-3H3. The molecule has 0 aliphatic carbocycles. The van der Waals surface area contributed by atoms with E-state index < -0.39 is 8.07 Å². The highest BCUT2D eigenvalue weighted by atomic mass is 28.3. The molecule has 296 valence electrons. The quantitative estimate of drug-likeness (QED) is 0.166. The fraction of sp³-hybridized carbons (Fsp3) is 0.0714. The Kier molecular flexibility index (Phi) is 8.05. The summed E-state index contributed by atoms with van der Waals surface area (Å²) in [6, 6.07) is 69.1. The molecule has 0 fully saturated rings. The van der Waals surface area contributed by atoms with Gasteiger partial charge in [0.05, 0.1) is 22.4 Å². The van der Waals surface area contributed by atoms with Crippen LogP contribution in [0.15, 0.2) is 194 Å². The van der Waals surface area contributed by atoms with Crippen LogP contribution in [0.1, 0.15) is 26.3 Å². The van der Waals surface area contributed by atoms with Crippen LogP contribution in [-0.4, -0.2) is 22.6 Å². The van der Waals surface area contributed by atoms with Gasteiger partial charge in [-0.05, 0) is 85.3 Å². The highest BCUT2D eigenvalue weighted by molar-refractivity contribution is 7.21. The van der Waals surface area contributed by atoms with Gasteiger partial charge in [0.15, 0.2) is 8.07 Å². The molecule has 0 bridgehead atoms. The third-order valence-corrected chi connectivity index (χ3v) is 17.6. The Morgan fingerprint density at radius 3 is 1.52 bits per heavy atom. The maximum absolute atomic E-state index is 7.01. The summed E-state index contributed by atoms with van der Waals surface area (Å²) in [6.07, 6.45) is 0. The summed E-state index contributed by atoms with van der Waals surface area (Å²) >= 11 is 0. The molecule has 10 aromatic rings. The first-order valence-corrected chi connectivity index (χ1v) is 23.2. The van der Waals surface area contributed by atoms with Crippen LogP contribution in [0, 0.1) is 0 Å². The Balaban J connectivity index is 1.07. The van der Waals surface area contributed by atoms with Crippen LogP contribution in [0.25, 0.3) is 61.4 Å². The van der Waals surface area contributed by atoms with Crippen molar-refractivity contribution < 1.29 is 9.47 Å². The minimum atomic E-state index is -3.01. The molecule has 12 rings (SSSR count). The molecule has 4 heterocycles. The van der Waals surface area contributed by atoms with Gasteiger partial charge in [-0.15, -0.1) is 0 Å². The van der Waals surface area contributed by atoms with Crippen LogP contribution in [0.2, 0.25) is 0 Å². The van der Waals surface area contributed by atoms with Crippen molar-refractivity contribution in [1.82, 2.24) is 14.5 Å². The second-order valence-corrected chi connectivity index (χ2v) is 21.0. The molecule has 1 unspecified atom stereocenters. The predicted molar refractivity (Wildman–Crippen MR) is 255 cm³/mol. The first kappa shape index (κ1) is 36.3. The highest BCUT2D eigenvalue weighted by Gasteiger charge is 2.53.